The standard InChI is InChI=1S/C22H26N2O/c1-2-6-17-9-10-21-19(13-17)14-20-16-23(11-12-24(20)22(21)25)15-18-7-4-3-5-8-18/h3-5,7-10,13,20H,2,6,11-12,14-16H2,1H3/t20-/m1/s1. The summed E-state index contributed by atoms with van der Waals surface area (Å²) >= 11 is 0. The van der Waals surface area contributed by atoms with Gasteiger partial charge >= 0.3 is 0 Å². The van der Waals surface area contributed by atoms with Gasteiger partial charge in [-0.2, -0.15) is 0 Å². The van der Waals surface area contributed by atoms with Crippen molar-refractivity contribution in [2.75, 3.05) is 19.6 Å². The molecule has 2 aliphatic heterocycles. The Bertz CT molecular complexity index is 756. The lowest BCUT2D eigenvalue weighted by molar-refractivity contribution is 0.0402. The summed E-state index contributed by atoms with van der Waals surface area (Å²) in [5.74, 6) is 0.230. The van der Waals surface area contributed by atoms with Crippen molar-refractivity contribution in [1.29, 1.82) is 0 Å². The first kappa shape index (κ1) is 16.3. The number of piperazine rings is 1. The molecule has 2 aliphatic rings. The fourth-order valence-corrected chi connectivity index (χ4v) is 4.22. The third-order valence-corrected chi connectivity index (χ3v) is 5.47. The van der Waals surface area contributed by atoms with Crippen LogP contribution in [0.4, 0.5) is 0 Å². The van der Waals surface area contributed by atoms with E-state index in [1.807, 2.05) is 0 Å². The number of hydrogen-bond acceptors (Lipinski definition) is 2. The van der Waals surface area contributed by atoms with E-state index in [0.29, 0.717) is 6.04 Å². The fourth-order valence-electron chi connectivity index (χ4n) is 4.22. The molecule has 3 nitrogen and oxygen atoms in total. The Morgan fingerprint density at radius 1 is 1.04 bits per heavy atom. The number of amides is 1. The molecule has 1 amide bonds. The molecule has 0 unspecified atom stereocenters. The maximum absolute atomic E-state index is 12.9. The summed E-state index contributed by atoms with van der Waals surface area (Å²) in [5.41, 5.74) is 4.88. The number of fused-ring (bicyclic) bond motifs is 2. The third-order valence-electron chi connectivity index (χ3n) is 5.47. The molecular formula is C22H26N2O. The highest BCUT2D eigenvalue weighted by molar-refractivity contribution is 5.97. The van der Waals surface area contributed by atoms with Gasteiger partial charge in [-0.15, -0.1) is 0 Å². The van der Waals surface area contributed by atoms with E-state index < -0.39 is 0 Å². The van der Waals surface area contributed by atoms with E-state index in [2.05, 4.69) is 65.3 Å². The Balaban J connectivity index is 1.51. The lowest BCUT2D eigenvalue weighted by Crippen LogP contribution is -2.57. The molecule has 1 atom stereocenters. The van der Waals surface area contributed by atoms with Crippen LogP contribution in [0.3, 0.4) is 0 Å². The second kappa shape index (κ2) is 7.01. The van der Waals surface area contributed by atoms with Crippen molar-refractivity contribution in [3.8, 4) is 0 Å². The largest absolute Gasteiger partial charge is 0.333 e. The van der Waals surface area contributed by atoms with Crippen LogP contribution in [-0.2, 0) is 19.4 Å². The summed E-state index contributed by atoms with van der Waals surface area (Å²) < 4.78 is 0. The smallest absolute Gasteiger partial charge is 0.254 e. The first-order valence-electron chi connectivity index (χ1n) is 9.43. The molecule has 0 aromatic heterocycles. The van der Waals surface area contributed by atoms with Gasteiger partial charge in [-0.05, 0) is 35.6 Å². The van der Waals surface area contributed by atoms with Crippen LogP contribution in [0.15, 0.2) is 48.5 Å². The predicted molar refractivity (Wildman–Crippen MR) is 101 cm³/mol. The quantitative estimate of drug-likeness (QED) is 0.854. The first-order chi connectivity index (χ1) is 12.2. The molecule has 0 saturated carbocycles. The number of carbonyl (C=O) groups excluding carboxylic acids is 1. The summed E-state index contributed by atoms with van der Waals surface area (Å²) in [7, 11) is 0. The lowest BCUT2D eigenvalue weighted by atomic mass is 9.89. The zero-order valence-electron chi connectivity index (χ0n) is 14.9. The van der Waals surface area contributed by atoms with Gasteiger partial charge in [0.15, 0.2) is 0 Å². The molecule has 2 aromatic carbocycles. The van der Waals surface area contributed by atoms with Gasteiger partial charge in [-0.25, -0.2) is 0 Å². The monoisotopic (exact) mass is 334 g/mol. The number of carbonyl (C=O) groups is 1. The summed E-state index contributed by atoms with van der Waals surface area (Å²) in [6.07, 6.45) is 3.23. The van der Waals surface area contributed by atoms with Crippen LogP contribution in [-0.4, -0.2) is 41.4 Å². The SMILES string of the molecule is CCCc1ccc2c(c1)C[C@@H]1CN(Cc3ccccc3)CCN1C2=O. The van der Waals surface area contributed by atoms with E-state index in [1.165, 1.54) is 16.7 Å². The molecule has 1 saturated heterocycles. The predicted octanol–water partition coefficient (Wildman–Crippen LogP) is 3.52. The number of nitrogens with zero attached hydrogens (tertiary/aromatic N) is 2. The van der Waals surface area contributed by atoms with Gasteiger partial charge in [0.05, 0.1) is 0 Å². The van der Waals surface area contributed by atoms with Crippen molar-refractivity contribution in [3.63, 3.8) is 0 Å². The number of hydrogen-bond donors (Lipinski definition) is 0. The third kappa shape index (κ3) is 3.34. The van der Waals surface area contributed by atoms with Crippen molar-refractivity contribution >= 4 is 5.91 Å². The van der Waals surface area contributed by atoms with Crippen LogP contribution < -0.4 is 0 Å². The van der Waals surface area contributed by atoms with Crippen LogP contribution >= 0.6 is 0 Å². The van der Waals surface area contributed by atoms with Crippen molar-refractivity contribution in [2.24, 2.45) is 0 Å². The fraction of sp³-hybridized carbons (Fsp3) is 0.409. The molecule has 2 aromatic rings. The molecular weight excluding hydrogens is 308 g/mol. The summed E-state index contributed by atoms with van der Waals surface area (Å²) in [4.78, 5) is 17.5. The Morgan fingerprint density at radius 2 is 1.88 bits per heavy atom. The maximum Gasteiger partial charge on any atom is 0.254 e. The number of rotatable bonds is 4. The second-order valence-electron chi connectivity index (χ2n) is 7.32. The lowest BCUT2D eigenvalue weighted by Gasteiger charge is -2.44. The second-order valence-corrected chi connectivity index (χ2v) is 7.32. The molecule has 4 rings (SSSR count). The van der Waals surface area contributed by atoms with E-state index in [9.17, 15) is 4.79 Å². The van der Waals surface area contributed by atoms with Gasteiger partial charge < -0.3 is 4.90 Å². The Morgan fingerprint density at radius 3 is 2.68 bits per heavy atom. The van der Waals surface area contributed by atoms with Crippen molar-refractivity contribution in [3.05, 3.63) is 70.8 Å². The van der Waals surface area contributed by atoms with Gasteiger partial charge in [0.25, 0.3) is 5.91 Å². The Kier molecular flexibility index (Phi) is 4.58. The van der Waals surface area contributed by atoms with Crippen LogP contribution in [0.5, 0.6) is 0 Å². The molecule has 2 heterocycles. The average Bonchev–Trinajstić information content (AvgIpc) is 2.63. The normalized spacial score (nSPS) is 20.3. The van der Waals surface area contributed by atoms with Crippen LogP contribution in [0.25, 0.3) is 0 Å². The highest BCUT2D eigenvalue weighted by Gasteiger charge is 2.36. The van der Waals surface area contributed by atoms with Crippen molar-refractivity contribution in [1.82, 2.24) is 9.80 Å². The Hall–Kier alpha value is -2.13. The molecule has 130 valence electrons. The van der Waals surface area contributed by atoms with E-state index >= 15 is 0 Å². The minimum atomic E-state index is 0.230. The Labute approximate surface area is 150 Å². The highest BCUT2D eigenvalue weighted by atomic mass is 16.2. The van der Waals surface area contributed by atoms with Gasteiger partial charge in [0, 0.05) is 37.8 Å². The maximum atomic E-state index is 12.9. The zero-order chi connectivity index (χ0) is 17.2. The summed E-state index contributed by atoms with van der Waals surface area (Å²) in [6.45, 7) is 5.95. The molecule has 3 heteroatoms. The minimum Gasteiger partial charge on any atom is -0.333 e. The molecule has 0 spiro atoms. The molecule has 1 fully saturated rings. The highest BCUT2D eigenvalue weighted by Crippen LogP contribution is 2.27. The molecule has 0 N–H and O–H groups in total. The van der Waals surface area contributed by atoms with Gasteiger partial charge in [-0.3, -0.25) is 9.69 Å². The van der Waals surface area contributed by atoms with Crippen LogP contribution in [0.1, 0.15) is 40.4 Å². The van der Waals surface area contributed by atoms with Gasteiger partial charge in [-0.1, -0.05) is 55.8 Å². The van der Waals surface area contributed by atoms with Crippen molar-refractivity contribution in [2.45, 2.75) is 38.8 Å². The molecule has 0 bridgehead atoms. The van der Waals surface area contributed by atoms with Crippen LogP contribution in [0, 0.1) is 0 Å². The van der Waals surface area contributed by atoms with E-state index in [1.54, 1.807) is 0 Å². The molecule has 0 radical (unpaired) electrons. The number of aryl methyl sites for hydroxylation is 1. The van der Waals surface area contributed by atoms with Crippen LogP contribution in [0.2, 0.25) is 0 Å². The van der Waals surface area contributed by atoms with E-state index in [4.69, 9.17) is 0 Å². The summed E-state index contributed by atoms with van der Waals surface area (Å²) in [6, 6.07) is 17.4. The first-order valence-corrected chi connectivity index (χ1v) is 9.43. The number of benzene rings is 2. The van der Waals surface area contributed by atoms with Gasteiger partial charge in [0.2, 0.25) is 0 Å². The topological polar surface area (TPSA) is 23.6 Å². The zero-order valence-corrected chi connectivity index (χ0v) is 14.9. The molecule has 25 heavy (non-hydrogen) atoms. The van der Waals surface area contributed by atoms with E-state index in [-0.39, 0.29) is 5.91 Å². The van der Waals surface area contributed by atoms with E-state index in [0.717, 1.165) is 51.0 Å². The summed E-state index contributed by atoms with van der Waals surface area (Å²) in [5, 5.41) is 0. The average molecular weight is 334 g/mol. The van der Waals surface area contributed by atoms with Gasteiger partial charge in [0.1, 0.15) is 0 Å². The minimum absolute atomic E-state index is 0.230. The van der Waals surface area contributed by atoms with Crippen molar-refractivity contribution < 1.29 is 4.79 Å². The molecule has 0 aliphatic carbocycles.